The molecule has 0 amide bonds. The van der Waals surface area contributed by atoms with Gasteiger partial charge in [-0.25, -0.2) is 14.1 Å². The summed E-state index contributed by atoms with van der Waals surface area (Å²) in [6, 6.07) is 5.62. The van der Waals surface area contributed by atoms with Crippen molar-refractivity contribution in [2.75, 3.05) is 0 Å². The number of carbonyl (C=O) groups is 1. The molecule has 0 radical (unpaired) electrons. The third kappa shape index (κ3) is 2.27. The van der Waals surface area contributed by atoms with E-state index < -0.39 is 23.9 Å². The maximum Gasteiger partial charge on any atom is 0.325 e. The van der Waals surface area contributed by atoms with Crippen molar-refractivity contribution in [3.05, 3.63) is 46.8 Å². The molecular weight excluding hydrogens is 279 g/mol. The van der Waals surface area contributed by atoms with Crippen LogP contribution in [0.1, 0.15) is 0 Å². The lowest BCUT2D eigenvalue weighted by Crippen LogP contribution is -2.27. The van der Waals surface area contributed by atoms with Gasteiger partial charge in [-0.05, 0) is 12.1 Å². The number of halogens is 1. The highest BCUT2D eigenvalue weighted by Crippen LogP contribution is 2.22. The lowest BCUT2D eigenvalue weighted by Gasteiger charge is -2.06. The molecule has 7 nitrogen and oxygen atoms in total. The zero-order valence-electron chi connectivity index (χ0n) is 10.6. The number of hydrogen-bond donors (Lipinski definition) is 2. The molecule has 0 saturated heterocycles. The van der Waals surface area contributed by atoms with Crippen molar-refractivity contribution < 1.29 is 14.3 Å². The number of aromatic nitrogens is 4. The normalized spacial score (nSPS) is 10.9. The highest BCUT2D eigenvalue weighted by atomic mass is 19.1. The van der Waals surface area contributed by atoms with Gasteiger partial charge in [-0.2, -0.15) is 5.10 Å². The van der Waals surface area contributed by atoms with Gasteiger partial charge in [0.1, 0.15) is 29.1 Å². The first-order valence-corrected chi connectivity index (χ1v) is 5.98. The number of benzene rings is 1. The Morgan fingerprint density at radius 3 is 2.95 bits per heavy atom. The van der Waals surface area contributed by atoms with Crippen molar-refractivity contribution >= 4 is 17.0 Å². The van der Waals surface area contributed by atoms with E-state index in [1.807, 2.05) is 0 Å². The third-order valence-electron chi connectivity index (χ3n) is 2.92. The highest BCUT2D eigenvalue weighted by Gasteiger charge is 2.16. The number of aromatic amines is 1. The zero-order valence-corrected chi connectivity index (χ0v) is 10.6. The van der Waals surface area contributed by atoms with E-state index in [1.165, 1.54) is 24.5 Å². The number of H-pyrrole nitrogens is 1. The molecule has 106 valence electrons. The van der Waals surface area contributed by atoms with Crippen molar-refractivity contribution in [1.82, 2.24) is 19.7 Å². The van der Waals surface area contributed by atoms with E-state index in [-0.39, 0.29) is 16.7 Å². The van der Waals surface area contributed by atoms with Crippen LogP contribution in [0.5, 0.6) is 0 Å². The average molecular weight is 288 g/mol. The maximum atomic E-state index is 13.4. The largest absolute Gasteiger partial charge is 0.480 e. The first-order valence-electron chi connectivity index (χ1n) is 5.98. The standard InChI is InChI=1S/C13H9FN4O3/c14-8-3-1-2-7(4-8)10-11-12(16-6-15-11)13(21)18(17-10)5-9(19)20/h1-4,6H,5H2,(H,15,16)(H,19,20). The van der Waals surface area contributed by atoms with E-state index >= 15 is 0 Å². The summed E-state index contributed by atoms with van der Waals surface area (Å²) in [7, 11) is 0. The van der Waals surface area contributed by atoms with Crippen LogP contribution in [0.25, 0.3) is 22.3 Å². The first-order chi connectivity index (χ1) is 10.1. The van der Waals surface area contributed by atoms with Gasteiger partial charge in [0, 0.05) is 5.56 Å². The average Bonchev–Trinajstić information content (AvgIpc) is 2.91. The predicted molar refractivity (Wildman–Crippen MR) is 71.2 cm³/mol. The van der Waals surface area contributed by atoms with Crippen LogP contribution in [0.2, 0.25) is 0 Å². The van der Waals surface area contributed by atoms with Crippen molar-refractivity contribution in [3.63, 3.8) is 0 Å². The van der Waals surface area contributed by atoms with Crippen LogP contribution in [0, 0.1) is 5.82 Å². The van der Waals surface area contributed by atoms with E-state index in [4.69, 9.17) is 5.11 Å². The van der Waals surface area contributed by atoms with Crippen LogP contribution in [0.15, 0.2) is 35.4 Å². The van der Waals surface area contributed by atoms with Crippen LogP contribution in [-0.4, -0.2) is 30.8 Å². The molecule has 3 rings (SSSR count). The molecule has 0 atom stereocenters. The van der Waals surface area contributed by atoms with Crippen molar-refractivity contribution in [2.45, 2.75) is 6.54 Å². The predicted octanol–water partition coefficient (Wildman–Crippen LogP) is 1.01. The molecular formula is C13H9FN4O3. The molecule has 0 bridgehead atoms. The number of carboxylic acids is 1. The van der Waals surface area contributed by atoms with Crippen LogP contribution in [-0.2, 0) is 11.3 Å². The van der Waals surface area contributed by atoms with E-state index in [1.54, 1.807) is 6.07 Å². The third-order valence-corrected chi connectivity index (χ3v) is 2.92. The Morgan fingerprint density at radius 2 is 2.24 bits per heavy atom. The molecule has 2 heterocycles. The summed E-state index contributed by atoms with van der Waals surface area (Å²) in [5.41, 5.74) is 0.459. The molecule has 8 heteroatoms. The molecule has 0 fully saturated rings. The van der Waals surface area contributed by atoms with Gasteiger partial charge in [0.2, 0.25) is 0 Å². The van der Waals surface area contributed by atoms with Gasteiger partial charge in [-0.3, -0.25) is 9.59 Å². The Labute approximate surface area is 116 Å². The number of rotatable bonds is 3. The second kappa shape index (κ2) is 4.82. The van der Waals surface area contributed by atoms with Crippen LogP contribution in [0.3, 0.4) is 0 Å². The number of hydrogen-bond acceptors (Lipinski definition) is 4. The van der Waals surface area contributed by atoms with Gasteiger partial charge in [0.25, 0.3) is 5.56 Å². The smallest absolute Gasteiger partial charge is 0.325 e. The fraction of sp³-hybridized carbons (Fsp3) is 0.0769. The molecule has 21 heavy (non-hydrogen) atoms. The second-order valence-corrected chi connectivity index (χ2v) is 4.34. The molecule has 0 aliphatic heterocycles. The lowest BCUT2D eigenvalue weighted by atomic mass is 10.1. The summed E-state index contributed by atoms with van der Waals surface area (Å²) < 4.78 is 14.2. The summed E-state index contributed by atoms with van der Waals surface area (Å²) in [4.78, 5) is 29.5. The van der Waals surface area contributed by atoms with Crippen LogP contribution < -0.4 is 5.56 Å². The Morgan fingerprint density at radius 1 is 1.43 bits per heavy atom. The minimum absolute atomic E-state index is 0.130. The summed E-state index contributed by atoms with van der Waals surface area (Å²) in [5, 5.41) is 12.8. The van der Waals surface area contributed by atoms with Crippen molar-refractivity contribution in [2.24, 2.45) is 0 Å². The van der Waals surface area contributed by atoms with Gasteiger partial charge in [-0.1, -0.05) is 12.1 Å². The second-order valence-electron chi connectivity index (χ2n) is 4.34. The monoisotopic (exact) mass is 288 g/mol. The molecule has 0 unspecified atom stereocenters. The molecule has 0 aliphatic rings. The number of imidazole rings is 1. The summed E-state index contributed by atoms with van der Waals surface area (Å²) in [6.45, 7) is -0.587. The molecule has 3 aromatic rings. The van der Waals surface area contributed by atoms with Crippen LogP contribution in [0.4, 0.5) is 4.39 Å². The topological polar surface area (TPSA) is 101 Å². The lowest BCUT2D eigenvalue weighted by molar-refractivity contribution is -0.137. The molecule has 2 N–H and O–H groups in total. The highest BCUT2D eigenvalue weighted by molar-refractivity contribution is 5.88. The molecule has 0 spiro atoms. The molecule has 0 saturated carbocycles. The Hall–Kier alpha value is -3.03. The number of aliphatic carboxylic acids is 1. The van der Waals surface area contributed by atoms with E-state index in [0.29, 0.717) is 5.56 Å². The SMILES string of the molecule is O=C(O)Cn1nc(-c2cccc(F)c2)c2nc[nH]c2c1=O. The quantitative estimate of drug-likeness (QED) is 0.749. The Kier molecular flexibility index (Phi) is 2.98. The fourth-order valence-electron chi connectivity index (χ4n) is 2.04. The van der Waals surface area contributed by atoms with Crippen LogP contribution >= 0.6 is 0 Å². The van der Waals surface area contributed by atoms with Crippen molar-refractivity contribution in [3.8, 4) is 11.3 Å². The van der Waals surface area contributed by atoms with E-state index in [9.17, 15) is 14.0 Å². The van der Waals surface area contributed by atoms with Gasteiger partial charge < -0.3 is 10.1 Å². The Bertz CT molecular complexity index is 900. The van der Waals surface area contributed by atoms with Gasteiger partial charge >= 0.3 is 5.97 Å². The fourth-order valence-corrected chi connectivity index (χ4v) is 2.04. The van der Waals surface area contributed by atoms with Gasteiger partial charge in [0.15, 0.2) is 0 Å². The zero-order chi connectivity index (χ0) is 15.0. The molecule has 1 aromatic carbocycles. The summed E-state index contributed by atoms with van der Waals surface area (Å²) in [5.74, 6) is -1.66. The van der Waals surface area contributed by atoms with E-state index in [2.05, 4.69) is 15.1 Å². The summed E-state index contributed by atoms with van der Waals surface area (Å²) >= 11 is 0. The summed E-state index contributed by atoms with van der Waals surface area (Å²) in [6.07, 6.45) is 1.31. The number of fused-ring (bicyclic) bond motifs is 1. The minimum atomic E-state index is -1.20. The van der Waals surface area contributed by atoms with Gasteiger partial charge in [0.05, 0.1) is 6.33 Å². The maximum absolute atomic E-state index is 13.4. The Balaban J connectivity index is 2.31. The number of carboxylic acid groups (broad SMARTS) is 1. The number of nitrogens with one attached hydrogen (secondary N) is 1. The number of nitrogens with zero attached hydrogens (tertiary/aromatic N) is 3. The van der Waals surface area contributed by atoms with E-state index in [0.717, 1.165) is 4.68 Å². The van der Waals surface area contributed by atoms with Crippen molar-refractivity contribution in [1.29, 1.82) is 0 Å². The first kappa shape index (κ1) is 13.0. The molecule has 2 aromatic heterocycles. The molecule has 0 aliphatic carbocycles. The minimum Gasteiger partial charge on any atom is -0.480 e. The van der Waals surface area contributed by atoms with Gasteiger partial charge in [-0.15, -0.1) is 0 Å².